The van der Waals surface area contributed by atoms with Crippen LogP contribution in [-0.2, 0) is 25.4 Å². The lowest BCUT2D eigenvalue weighted by Crippen LogP contribution is -2.37. The van der Waals surface area contributed by atoms with Crippen molar-refractivity contribution in [3.05, 3.63) is 49.8 Å². The van der Waals surface area contributed by atoms with Gasteiger partial charge in [-0.3, -0.25) is 18.7 Å². The van der Waals surface area contributed by atoms with Gasteiger partial charge in [-0.25, -0.2) is 14.8 Å². The molecule has 27 heavy (non-hydrogen) atoms. The summed E-state index contributed by atoms with van der Waals surface area (Å²) < 4.78 is 5.48. The molecule has 3 aromatic heterocycles. The third-order valence-corrected chi connectivity index (χ3v) is 5.72. The second-order valence-corrected chi connectivity index (χ2v) is 7.79. The molecule has 1 N–H and O–H groups in total. The third kappa shape index (κ3) is 2.88. The Morgan fingerprint density at radius 3 is 2.78 bits per heavy atom. The van der Waals surface area contributed by atoms with Crippen LogP contribution in [0.1, 0.15) is 0 Å². The van der Waals surface area contributed by atoms with Crippen molar-refractivity contribution >= 4 is 59.7 Å². The number of para-hydroxylation sites is 1. The summed E-state index contributed by atoms with van der Waals surface area (Å²) in [4.78, 5) is 45.4. The standard InChI is InChI=1S/C16H13BrN6O3S/c1-21-13-12(14(25)22(2)16(21)26)23(7-18-13)6-10(24)19-15-20-11-8(17)4-3-5-9(11)27-15/h3-5,7H,6H2,1-2H3,(H,19,20,24). The van der Waals surface area contributed by atoms with Crippen molar-refractivity contribution in [3.63, 3.8) is 0 Å². The predicted octanol–water partition coefficient (Wildman–Crippen LogP) is 1.44. The van der Waals surface area contributed by atoms with Gasteiger partial charge in [-0.2, -0.15) is 0 Å². The quantitative estimate of drug-likeness (QED) is 0.510. The Bertz CT molecular complexity index is 1330. The maximum absolute atomic E-state index is 12.5. The summed E-state index contributed by atoms with van der Waals surface area (Å²) in [6.45, 7) is -0.124. The number of imidazole rings is 1. The molecule has 0 aliphatic heterocycles. The maximum atomic E-state index is 12.5. The van der Waals surface area contributed by atoms with E-state index < -0.39 is 11.2 Å². The molecule has 4 aromatic rings. The van der Waals surface area contributed by atoms with Gasteiger partial charge < -0.3 is 9.88 Å². The zero-order chi connectivity index (χ0) is 19.3. The minimum atomic E-state index is -0.498. The molecule has 0 saturated carbocycles. The van der Waals surface area contributed by atoms with Crippen molar-refractivity contribution in [1.82, 2.24) is 23.7 Å². The van der Waals surface area contributed by atoms with Crippen molar-refractivity contribution < 1.29 is 4.79 Å². The largest absolute Gasteiger partial charge is 0.332 e. The summed E-state index contributed by atoms with van der Waals surface area (Å²) >= 11 is 4.79. The van der Waals surface area contributed by atoms with E-state index >= 15 is 0 Å². The van der Waals surface area contributed by atoms with Crippen molar-refractivity contribution in [2.45, 2.75) is 6.54 Å². The molecule has 11 heteroatoms. The van der Waals surface area contributed by atoms with Crippen molar-refractivity contribution in [1.29, 1.82) is 0 Å². The summed E-state index contributed by atoms with van der Waals surface area (Å²) in [5.41, 5.74) is 0.237. The summed E-state index contributed by atoms with van der Waals surface area (Å²) in [7, 11) is 2.92. The number of halogens is 1. The van der Waals surface area contributed by atoms with E-state index in [2.05, 4.69) is 31.2 Å². The smallest absolute Gasteiger partial charge is 0.315 e. The van der Waals surface area contributed by atoms with E-state index in [1.165, 1.54) is 40.9 Å². The highest BCUT2D eigenvalue weighted by Gasteiger charge is 2.17. The second kappa shape index (κ2) is 6.43. The summed E-state index contributed by atoms with van der Waals surface area (Å²) in [5.74, 6) is -0.347. The highest BCUT2D eigenvalue weighted by atomic mass is 79.9. The van der Waals surface area contributed by atoms with Gasteiger partial charge in [0.2, 0.25) is 5.91 Å². The topological polar surface area (TPSA) is 104 Å². The van der Waals surface area contributed by atoms with Crippen LogP contribution in [-0.4, -0.2) is 29.6 Å². The number of benzene rings is 1. The average molecular weight is 449 g/mol. The lowest BCUT2D eigenvalue weighted by molar-refractivity contribution is -0.116. The van der Waals surface area contributed by atoms with Crippen LogP contribution >= 0.6 is 27.3 Å². The fourth-order valence-corrected chi connectivity index (χ4v) is 4.29. The van der Waals surface area contributed by atoms with Crippen molar-refractivity contribution in [3.8, 4) is 0 Å². The Labute approximate surface area is 164 Å². The molecule has 4 rings (SSSR count). The van der Waals surface area contributed by atoms with Gasteiger partial charge in [0.25, 0.3) is 5.56 Å². The molecule has 3 heterocycles. The molecule has 0 aliphatic carbocycles. The number of hydrogen-bond acceptors (Lipinski definition) is 6. The normalized spacial score (nSPS) is 11.4. The monoisotopic (exact) mass is 448 g/mol. The summed E-state index contributed by atoms with van der Waals surface area (Å²) in [6, 6.07) is 5.69. The van der Waals surface area contributed by atoms with Crippen LogP contribution in [0.25, 0.3) is 21.4 Å². The lowest BCUT2D eigenvalue weighted by Gasteiger charge is -2.06. The van der Waals surface area contributed by atoms with Crippen LogP contribution in [0.2, 0.25) is 0 Å². The van der Waals surface area contributed by atoms with E-state index in [-0.39, 0.29) is 23.6 Å². The van der Waals surface area contributed by atoms with Gasteiger partial charge in [0, 0.05) is 18.6 Å². The van der Waals surface area contributed by atoms with Gasteiger partial charge in [0.1, 0.15) is 6.54 Å². The molecule has 0 aliphatic rings. The molecule has 138 valence electrons. The second-order valence-electron chi connectivity index (χ2n) is 5.90. The molecule has 9 nitrogen and oxygen atoms in total. The van der Waals surface area contributed by atoms with Crippen LogP contribution in [0.5, 0.6) is 0 Å². The third-order valence-electron chi connectivity index (χ3n) is 4.15. The zero-order valence-corrected chi connectivity index (χ0v) is 16.7. The number of aryl methyl sites for hydroxylation is 1. The van der Waals surface area contributed by atoms with Crippen molar-refractivity contribution in [2.24, 2.45) is 14.1 Å². The fourth-order valence-electron chi connectivity index (χ4n) is 2.80. The van der Waals surface area contributed by atoms with Crippen LogP contribution in [0.4, 0.5) is 5.13 Å². The molecular weight excluding hydrogens is 436 g/mol. The van der Waals surface area contributed by atoms with Crippen LogP contribution in [0.3, 0.4) is 0 Å². The van der Waals surface area contributed by atoms with Gasteiger partial charge >= 0.3 is 5.69 Å². The molecule has 1 amide bonds. The first kappa shape index (κ1) is 17.6. The Balaban J connectivity index is 1.66. The SMILES string of the molecule is Cn1c(=O)c2c(ncn2CC(=O)Nc2nc3c(Br)cccc3s2)n(C)c1=O. The van der Waals surface area contributed by atoms with E-state index in [4.69, 9.17) is 0 Å². The van der Waals surface area contributed by atoms with E-state index in [0.29, 0.717) is 5.13 Å². The highest BCUT2D eigenvalue weighted by molar-refractivity contribution is 9.10. The minimum absolute atomic E-state index is 0.124. The molecule has 1 aromatic carbocycles. The fraction of sp³-hybridized carbons (Fsp3) is 0.188. The highest BCUT2D eigenvalue weighted by Crippen LogP contribution is 2.30. The zero-order valence-electron chi connectivity index (χ0n) is 14.3. The Kier molecular flexibility index (Phi) is 4.19. The van der Waals surface area contributed by atoms with Gasteiger partial charge in [-0.05, 0) is 28.1 Å². The molecular formula is C16H13BrN6O3S. The molecule has 0 spiro atoms. The van der Waals surface area contributed by atoms with Gasteiger partial charge in [-0.1, -0.05) is 17.4 Å². The van der Waals surface area contributed by atoms with E-state index in [1.807, 2.05) is 18.2 Å². The van der Waals surface area contributed by atoms with Crippen LogP contribution in [0.15, 0.2) is 38.6 Å². The number of hydrogen-bond donors (Lipinski definition) is 1. The van der Waals surface area contributed by atoms with Gasteiger partial charge in [-0.15, -0.1) is 0 Å². The van der Waals surface area contributed by atoms with Gasteiger partial charge in [0.05, 0.1) is 16.5 Å². The number of fused-ring (bicyclic) bond motifs is 2. The number of rotatable bonds is 3. The van der Waals surface area contributed by atoms with E-state index in [9.17, 15) is 14.4 Å². The average Bonchev–Trinajstić information content (AvgIpc) is 3.23. The van der Waals surface area contributed by atoms with Crippen LogP contribution < -0.4 is 16.6 Å². The Hall–Kier alpha value is -2.79. The molecule has 0 atom stereocenters. The van der Waals surface area contributed by atoms with Crippen LogP contribution in [0, 0.1) is 0 Å². The first-order valence-corrected chi connectivity index (χ1v) is 9.43. The Morgan fingerprint density at radius 2 is 2.04 bits per heavy atom. The van der Waals surface area contributed by atoms with Crippen molar-refractivity contribution in [2.75, 3.05) is 5.32 Å². The Morgan fingerprint density at radius 1 is 1.26 bits per heavy atom. The molecule has 0 fully saturated rings. The number of thiazole rings is 1. The van der Waals surface area contributed by atoms with E-state index in [0.717, 1.165) is 19.3 Å². The molecule has 0 saturated heterocycles. The summed E-state index contributed by atoms with van der Waals surface area (Å²) in [6.07, 6.45) is 1.38. The predicted molar refractivity (Wildman–Crippen MR) is 106 cm³/mol. The minimum Gasteiger partial charge on any atom is -0.315 e. The number of carbonyl (C=O) groups excluding carboxylic acids is 1. The number of anilines is 1. The van der Waals surface area contributed by atoms with E-state index in [1.54, 1.807) is 0 Å². The molecule has 0 bridgehead atoms. The number of amides is 1. The lowest BCUT2D eigenvalue weighted by atomic mass is 10.3. The number of carbonyl (C=O) groups is 1. The maximum Gasteiger partial charge on any atom is 0.332 e. The van der Waals surface area contributed by atoms with Gasteiger partial charge in [0.15, 0.2) is 16.3 Å². The number of nitrogens with zero attached hydrogens (tertiary/aromatic N) is 5. The molecule has 0 unspecified atom stereocenters. The number of aromatic nitrogens is 5. The summed E-state index contributed by atoms with van der Waals surface area (Å²) in [5, 5.41) is 3.21. The first-order chi connectivity index (χ1) is 12.9. The first-order valence-electron chi connectivity index (χ1n) is 7.82. The number of nitrogens with one attached hydrogen (secondary N) is 1. The molecule has 0 radical (unpaired) electrons.